The minimum Gasteiger partial charge on any atom is -0.274 e. The zero-order chi connectivity index (χ0) is 20.0. The maximum absolute atomic E-state index is 4.81. The van der Waals surface area contributed by atoms with Gasteiger partial charge in [-0.2, -0.15) is 10.2 Å². The minimum atomic E-state index is 0.703. The van der Waals surface area contributed by atoms with Crippen molar-refractivity contribution in [3.05, 3.63) is 60.3 Å². The largest absolute Gasteiger partial charge is 0.274 e. The smallest absolute Gasteiger partial charge is 0.167 e. The fourth-order valence-corrected chi connectivity index (χ4v) is 4.22. The Balaban J connectivity index is 1.76. The second-order valence-electron chi connectivity index (χ2n) is 6.68. The molecule has 0 atom stereocenters. The van der Waals surface area contributed by atoms with E-state index in [1.807, 2.05) is 75.0 Å². The third-order valence-electron chi connectivity index (χ3n) is 4.55. The van der Waals surface area contributed by atoms with Gasteiger partial charge >= 0.3 is 0 Å². The van der Waals surface area contributed by atoms with Crippen molar-refractivity contribution in [3.63, 3.8) is 0 Å². The SMILES string of the molecule is Cc1nc2c(N(c3ccn(C)n3)c3ccn(C)n3)ncc(-c3cccnc3)c2s1. The van der Waals surface area contributed by atoms with Gasteiger partial charge in [0.15, 0.2) is 17.5 Å². The summed E-state index contributed by atoms with van der Waals surface area (Å²) in [5, 5.41) is 10.1. The number of nitrogens with zero attached hydrogens (tertiary/aromatic N) is 8. The zero-order valence-electron chi connectivity index (χ0n) is 16.2. The molecule has 0 radical (unpaired) electrons. The molecule has 0 aliphatic heterocycles. The molecule has 0 aromatic carbocycles. The first-order valence-corrected chi connectivity index (χ1v) is 9.88. The molecule has 9 heteroatoms. The second-order valence-corrected chi connectivity index (χ2v) is 7.88. The van der Waals surface area contributed by atoms with E-state index in [-0.39, 0.29) is 0 Å². The van der Waals surface area contributed by atoms with Crippen LogP contribution in [0.4, 0.5) is 17.5 Å². The van der Waals surface area contributed by atoms with Crippen LogP contribution in [0.5, 0.6) is 0 Å². The van der Waals surface area contributed by atoms with Crippen molar-refractivity contribution in [1.82, 2.24) is 34.5 Å². The van der Waals surface area contributed by atoms with Crippen LogP contribution >= 0.6 is 11.3 Å². The topological polar surface area (TPSA) is 77.5 Å². The Morgan fingerprint density at radius 2 is 1.69 bits per heavy atom. The van der Waals surface area contributed by atoms with Crippen LogP contribution in [0.15, 0.2) is 55.2 Å². The van der Waals surface area contributed by atoms with Gasteiger partial charge < -0.3 is 0 Å². The van der Waals surface area contributed by atoms with E-state index in [1.54, 1.807) is 26.9 Å². The zero-order valence-corrected chi connectivity index (χ0v) is 17.0. The highest BCUT2D eigenvalue weighted by Crippen LogP contribution is 2.40. The van der Waals surface area contributed by atoms with Crippen LogP contribution in [0.2, 0.25) is 0 Å². The lowest BCUT2D eigenvalue weighted by atomic mass is 10.1. The van der Waals surface area contributed by atoms with Crippen LogP contribution in [-0.2, 0) is 14.1 Å². The van der Waals surface area contributed by atoms with Gasteiger partial charge in [0.25, 0.3) is 0 Å². The monoisotopic (exact) mass is 402 g/mol. The van der Waals surface area contributed by atoms with Gasteiger partial charge in [-0.25, -0.2) is 9.97 Å². The highest BCUT2D eigenvalue weighted by atomic mass is 32.1. The maximum atomic E-state index is 4.81. The standard InChI is InChI=1S/C20H18N8S/c1-13-23-18-19(29-13)15(14-5-4-8-21-11-14)12-22-20(18)28(16-6-9-26(2)24-16)17-7-10-27(3)25-17/h4-12H,1-3H3. The van der Waals surface area contributed by atoms with Crippen LogP contribution in [0.1, 0.15) is 5.01 Å². The summed E-state index contributed by atoms with van der Waals surface area (Å²) in [6.07, 6.45) is 9.30. The maximum Gasteiger partial charge on any atom is 0.167 e. The van der Waals surface area contributed by atoms with Gasteiger partial charge in [-0.3, -0.25) is 19.2 Å². The Bertz CT molecular complexity index is 1260. The van der Waals surface area contributed by atoms with Gasteiger partial charge in [-0.05, 0) is 13.0 Å². The van der Waals surface area contributed by atoms with Gasteiger partial charge in [0.1, 0.15) is 5.52 Å². The van der Waals surface area contributed by atoms with Gasteiger partial charge in [-0.1, -0.05) is 6.07 Å². The van der Waals surface area contributed by atoms with E-state index < -0.39 is 0 Å². The average Bonchev–Trinajstić information content (AvgIpc) is 3.43. The van der Waals surface area contributed by atoms with Crippen LogP contribution < -0.4 is 4.90 Å². The number of pyridine rings is 2. The predicted molar refractivity (Wildman–Crippen MR) is 114 cm³/mol. The minimum absolute atomic E-state index is 0.703. The molecule has 0 fully saturated rings. The van der Waals surface area contributed by atoms with Gasteiger partial charge in [0, 0.05) is 68.3 Å². The van der Waals surface area contributed by atoms with Gasteiger partial charge in [-0.15, -0.1) is 11.3 Å². The molecule has 0 N–H and O–H groups in total. The van der Waals surface area contributed by atoms with Gasteiger partial charge in [0.05, 0.1) is 9.71 Å². The normalized spacial score (nSPS) is 11.3. The average molecular weight is 402 g/mol. The van der Waals surface area contributed by atoms with Crippen molar-refractivity contribution in [2.45, 2.75) is 6.92 Å². The van der Waals surface area contributed by atoms with E-state index in [2.05, 4.69) is 15.2 Å². The number of hydrogen-bond acceptors (Lipinski definition) is 7. The number of rotatable bonds is 4. The lowest BCUT2D eigenvalue weighted by molar-refractivity contribution is 0.754. The molecule has 5 aromatic rings. The van der Waals surface area contributed by atoms with E-state index >= 15 is 0 Å². The molecule has 0 saturated carbocycles. The van der Waals surface area contributed by atoms with Crippen molar-refractivity contribution >= 4 is 39.0 Å². The predicted octanol–water partition coefficient (Wildman–Crippen LogP) is 4.00. The molecule has 0 aliphatic carbocycles. The molecule has 5 heterocycles. The summed E-state index contributed by atoms with van der Waals surface area (Å²) in [6.45, 7) is 2.01. The van der Waals surface area contributed by atoms with Crippen molar-refractivity contribution in [3.8, 4) is 11.1 Å². The number of fused-ring (bicyclic) bond motifs is 1. The van der Waals surface area contributed by atoms with E-state index in [0.29, 0.717) is 5.82 Å². The lowest BCUT2D eigenvalue weighted by Gasteiger charge is -2.19. The first-order chi connectivity index (χ1) is 14.1. The van der Waals surface area contributed by atoms with Crippen LogP contribution in [0.25, 0.3) is 21.3 Å². The summed E-state index contributed by atoms with van der Waals surface area (Å²) in [6, 6.07) is 7.84. The van der Waals surface area contributed by atoms with Crippen molar-refractivity contribution < 1.29 is 0 Å². The molecule has 0 bridgehead atoms. The summed E-state index contributed by atoms with van der Waals surface area (Å²) in [5.41, 5.74) is 2.86. The summed E-state index contributed by atoms with van der Waals surface area (Å²) >= 11 is 1.65. The Morgan fingerprint density at radius 1 is 0.966 bits per heavy atom. The van der Waals surface area contributed by atoms with Crippen LogP contribution in [0.3, 0.4) is 0 Å². The molecule has 0 aliphatic rings. The third kappa shape index (κ3) is 3.05. The highest BCUT2D eigenvalue weighted by molar-refractivity contribution is 7.19. The summed E-state index contributed by atoms with van der Waals surface area (Å²) in [4.78, 5) is 15.8. The Labute approximate surface area is 171 Å². The molecule has 144 valence electrons. The van der Waals surface area contributed by atoms with E-state index in [0.717, 1.165) is 38.0 Å². The van der Waals surface area contributed by atoms with Crippen molar-refractivity contribution in [2.24, 2.45) is 14.1 Å². The molecular weight excluding hydrogens is 384 g/mol. The molecule has 29 heavy (non-hydrogen) atoms. The number of aryl methyl sites for hydroxylation is 3. The van der Waals surface area contributed by atoms with E-state index in [1.165, 1.54) is 0 Å². The molecule has 0 unspecified atom stereocenters. The van der Waals surface area contributed by atoms with Crippen molar-refractivity contribution in [2.75, 3.05) is 4.90 Å². The lowest BCUT2D eigenvalue weighted by Crippen LogP contribution is -2.14. The number of thiazole rings is 1. The molecule has 0 saturated heterocycles. The summed E-state index contributed by atoms with van der Waals surface area (Å²) in [7, 11) is 3.78. The molecule has 5 aromatic heterocycles. The third-order valence-corrected chi connectivity index (χ3v) is 5.55. The van der Waals surface area contributed by atoms with Crippen molar-refractivity contribution in [1.29, 1.82) is 0 Å². The Hall–Kier alpha value is -3.59. The fourth-order valence-electron chi connectivity index (χ4n) is 3.28. The van der Waals surface area contributed by atoms with Crippen LogP contribution in [0, 0.1) is 6.92 Å². The Morgan fingerprint density at radius 3 is 2.28 bits per heavy atom. The molecular formula is C20H18N8S. The van der Waals surface area contributed by atoms with Gasteiger partial charge in [0.2, 0.25) is 0 Å². The quantitative estimate of drug-likeness (QED) is 0.452. The molecule has 0 amide bonds. The fraction of sp³-hybridized carbons (Fsp3) is 0.150. The number of aromatic nitrogens is 7. The molecule has 8 nitrogen and oxygen atoms in total. The summed E-state index contributed by atoms with van der Waals surface area (Å²) in [5.74, 6) is 2.17. The first kappa shape index (κ1) is 17.5. The van der Waals surface area contributed by atoms with E-state index in [9.17, 15) is 0 Å². The Kier molecular flexibility index (Phi) is 4.09. The second kappa shape index (κ2) is 6.78. The van der Waals surface area contributed by atoms with Crippen LogP contribution in [-0.4, -0.2) is 34.5 Å². The molecule has 0 spiro atoms. The number of anilines is 3. The number of hydrogen-bond donors (Lipinski definition) is 0. The molecule has 5 rings (SSSR count). The van der Waals surface area contributed by atoms with E-state index in [4.69, 9.17) is 9.97 Å². The highest BCUT2D eigenvalue weighted by Gasteiger charge is 2.24. The first-order valence-electron chi connectivity index (χ1n) is 9.06. The summed E-state index contributed by atoms with van der Waals surface area (Å²) < 4.78 is 4.59.